The van der Waals surface area contributed by atoms with Crippen LogP contribution in [0.15, 0.2) is 16.8 Å². The van der Waals surface area contributed by atoms with Gasteiger partial charge in [-0.25, -0.2) is 4.98 Å². The van der Waals surface area contributed by atoms with Gasteiger partial charge in [0.25, 0.3) is 5.91 Å². The number of aromatic nitrogens is 1. The molecule has 162 valence electrons. The molecule has 4 rings (SSSR count). The van der Waals surface area contributed by atoms with Gasteiger partial charge in [-0.1, -0.05) is 13.8 Å². The maximum atomic E-state index is 13.1. The lowest BCUT2D eigenvalue weighted by Gasteiger charge is -2.38. The highest BCUT2D eigenvalue weighted by Gasteiger charge is 2.29. The minimum absolute atomic E-state index is 0.0659. The highest BCUT2D eigenvalue weighted by atomic mass is 32.1. The van der Waals surface area contributed by atoms with Crippen LogP contribution in [0.1, 0.15) is 35.6 Å². The number of nitrogens with zero attached hydrogens (tertiary/aromatic N) is 4. The fraction of sp³-hybridized carbons (Fsp3) is 0.591. The summed E-state index contributed by atoms with van der Waals surface area (Å²) in [7, 11) is 0. The second-order valence-electron chi connectivity index (χ2n) is 8.76. The Morgan fingerprint density at radius 1 is 1.10 bits per heavy atom. The molecule has 8 heteroatoms. The van der Waals surface area contributed by atoms with Crippen LogP contribution in [0.25, 0.3) is 10.6 Å². The number of thiophene rings is 1. The van der Waals surface area contributed by atoms with Crippen LogP contribution in [0.5, 0.6) is 0 Å². The second-order valence-corrected chi connectivity index (χ2v) is 10.5. The molecule has 2 aromatic heterocycles. The number of piperazine rings is 1. The highest BCUT2D eigenvalue weighted by molar-refractivity contribution is 7.17. The molecule has 2 aromatic rings. The van der Waals surface area contributed by atoms with E-state index in [0.29, 0.717) is 31.5 Å². The largest absolute Gasteiger partial charge is 0.341 e. The SMILES string of the molecule is Cc1nc(-c2ccsc2)sc1C(=O)N1CCN(CC(=O)N2CC(C)CC(C)C2)CC1. The summed E-state index contributed by atoms with van der Waals surface area (Å²) in [6, 6.07) is 2.04. The Morgan fingerprint density at radius 2 is 1.80 bits per heavy atom. The molecular weight excluding hydrogens is 416 g/mol. The average Bonchev–Trinajstić information content (AvgIpc) is 3.37. The predicted octanol–water partition coefficient (Wildman–Crippen LogP) is 3.44. The van der Waals surface area contributed by atoms with Gasteiger partial charge in [-0.2, -0.15) is 11.3 Å². The van der Waals surface area contributed by atoms with E-state index in [0.717, 1.165) is 47.3 Å². The van der Waals surface area contributed by atoms with Crippen molar-refractivity contribution in [3.05, 3.63) is 27.4 Å². The molecule has 2 unspecified atom stereocenters. The van der Waals surface area contributed by atoms with Crippen molar-refractivity contribution in [3.8, 4) is 10.6 Å². The summed E-state index contributed by atoms with van der Waals surface area (Å²) in [5.74, 6) is 1.45. The Labute approximate surface area is 186 Å². The third-order valence-corrected chi connectivity index (χ3v) is 7.88. The van der Waals surface area contributed by atoms with E-state index in [1.807, 2.05) is 28.2 Å². The molecular formula is C22H30N4O2S2. The normalized spacial score (nSPS) is 23.0. The number of hydrogen-bond acceptors (Lipinski definition) is 6. The average molecular weight is 447 g/mol. The van der Waals surface area contributed by atoms with Crippen LogP contribution in [0.3, 0.4) is 0 Å². The number of likely N-dealkylation sites (tertiary alicyclic amines) is 1. The number of piperidine rings is 1. The van der Waals surface area contributed by atoms with Gasteiger partial charge in [-0.15, -0.1) is 11.3 Å². The number of amides is 2. The standard InChI is InChI=1S/C22H30N4O2S2/c1-15-10-16(2)12-26(11-15)19(27)13-24-5-7-25(8-6-24)22(28)20-17(3)23-21(30-20)18-4-9-29-14-18/h4,9,14-16H,5-8,10-13H2,1-3H3. The zero-order valence-electron chi connectivity index (χ0n) is 18.0. The fourth-order valence-corrected chi connectivity index (χ4v) is 6.26. The van der Waals surface area contributed by atoms with Crippen LogP contribution >= 0.6 is 22.7 Å². The molecule has 4 heterocycles. The highest BCUT2D eigenvalue weighted by Crippen LogP contribution is 2.30. The predicted molar refractivity (Wildman–Crippen MR) is 122 cm³/mol. The second kappa shape index (κ2) is 9.16. The van der Waals surface area contributed by atoms with Gasteiger partial charge >= 0.3 is 0 Å². The van der Waals surface area contributed by atoms with Gasteiger partial charge in [0.15, 0.2) is 0 Å². The minimum Gasteiger partial charge on any atom is -0.341 e. The molecule has 2 fully saturated rings. The number of aryl methyl sites for hydroxylation is 1. The first kappa shape index (κ1) is 21.5. The first-order valence-corrected chi connectivity index (χ1v) is 12.5. The van der Waals surface area contributed by atoms with Gasteiger partial charge < -0.3 is 9.80 Å². The fourth-order valence-electron chi connectivity index (χ4n) is 4.52. The number of carbonyl (C=O) groups excluding carboxylic acids is 2. The van der Waals surface area contributed by atoms with Crippen LogP contribution in [-0.4, -0.2) is 77.3 Å². The van der Waals surface area contributed by atoms with Crippen LogP contribution in [0.2, 0.25) is 0 Å². The first-order chi connectivity index (χ1) is 14.4. The monoisotopic (exact) mass is 446 g/mol. The Kier molecular flexibility index (Phi) is 6.55. The zero-order valence-corrected chi connectivity index (χ0v) is 19.6. The van der Waals surface area contributed by atoms with Crippen LogP contribution in [-0.2, 0) is 4.79 Å². The maximum absolute atomic E-state index is 13.1. The molecule has 0 saturated carbocycles. The summed E-state index contributed by atoms with van der Waals surface area (Å²) in [4.78, 5) is 37.3. The Balaban J connectivity index is 1.31. The molecule has 2 amide bonds. The van der Waals surface area contributed by atoms with Gasteiger partial charge in [-0.05, 0) is 36.6 Å². The molecule has 0 aliphatic carbocycles. The summed E-state index contributed by atoms with van der Waals surface area (Å²) >= 11 is 3.12. The molecule has 30 heavy (non-hydrogen) atoms. The van der Waals surface area contributed by atoms with Crippen LogP contribution in [0, 0.1) is 18.8 Å². The number of carbonyl (C=O) groups is 2. The molecule has 0 bridgehead atoms. The van der Waals surface area contributed by atoms with Gasteiger partial charge in [-0.3, -0.25) is 14.5 Å². The van der Waals surface area contributed by atoms with Gasteiger partial charge in [0.05, 0.1) is 12.2 Å². The molecule has 0 radical (unpaired) electrons. The van der Waals surface area contributed by atoms with Crippen molar-refractivity contribution in [1.29, 1.82) is 0 Å². The summed E-state index contributed by atoms with van der Waals surface area (Å²) in [5.41, 5.74) is 1.88. The summed E-state index contributed by atoms with van der Waals surface area (Å²) in [6.45, 7) is 11.4. The Morgan fingerprint density at radius 3 is 2.43 bits per heavy atom. The van der Waals surface area contributed by atoms with Crippen molar-refractivity contribution in [2.75, 3.05) is 45.8 Å². The molecule has 0 N–H and O–H groups in total. The van der Waals surface area contributed by atoms with Gasteiger partial charge in [0, 0.05) is 50.2 Å². The number of rotatable bonds is 4. The summed E-state index contributed by atoms with van der Waals surface area (Å²) in [5, 5.41) is 5.00. The van der Waals surface area contributed by atoms with Crippen molar-refractivity contribution in [1.82, 2.24) is 19.7 Å². The lowest BCUT2D eigenvalue weighted by molar-refractivity contribution is -0.135. The number of thiazole rings is 1. The lowest BCUT2D eigenvalue weighted by Crippen LogP contribution is -2.53. The lowest BCUT2D eigenvalue weighted by atomic mass is 9.92. The molecule has 0 spiro atoms. The van der Waals surface area contributed by atoms with Crippen molar-refractivity contribution >= 4 is 34.5 Å². The molecule has 2 saturated heterocycles. The van der Waals surface area contributed by atoms with Crippen molar-refractivity contribution in [3.63, 3.8) is 0 Å². The number of hydrogen-bond donors (Lipinski definition) is 0. The van der Waals surface area contributed by atoms with Crippen molar-refractivity contribution < 1.29 is 9.59 Å². The first-order valence-electron chi connectivity index (χ1n) is 10.7. The van der Waals surface area contributed by atoms with E-state index in [2.05, 4.69) is 29.1 Å². The third-order valence-electron chi connectivity index (χ3n) is 6.00. The van der Waals surface area contributed by atoms with E-state index < -0.39 is 0 Å². The summed E-state index contributed by atoms with van der Waals surface area (Å²) < 4.78 is 0. The van der Waals surface area contributed by atoms with E-state index in [4.69, 9.17) is 0 Å². The quantitative estimate of drug-likeness (QED) is 0.722. The molecule has 6 nitrogen and oxygen atoms in total. The third kappa shape index (κ3) is 4.76. The van der Waals surface area contributed by atoms with Gasteiger partial charge in [0.2, 0.25) is 5.91 Å². The van der Waals surface area contributed by atoms with E-state index in [-0.39, 0.29) is 11.8 Å². The van der Waals surface area contributed by atoms with E-state index >= 15 is 0 Å². The molecule has 0 aromatic carbocycles. The Hall–Kier alpha value is -1.77. The zero-order chi connectivity index (χ0) is 21.3. The molecule has 2 aliphatic heterocycles. The van der Waals surface area contributed by atoms with Gasteiger partial charge in [0.1, 0.15) is 9.88 Å². The maximum Gasteiger partial charge on any atom is 0.265 e. The molecule has 2 aliphatic rings. The van der Waals surface area contributed by atoms with Crippen molar-refractivity contribution in [2.24, 2.45) is 11.8 Å². The topological polar surface area (TPSA) is 56.8 Å². The summed E-state index contributed by atoms with van der Waals surface area (Å²) in [6.07, 6.45) is 1.20. The van der Waals surface area contributed by atoms with E-state index in [1.54, 1.807) is 11.3 Å². The van der Waals surface area contributed by atoms with Crippen molar-refractivity contribution in [2.45, 2.75) is 27.2 Å². The van der Waals surface area contributed by atoms with E-state index in [1.165, 1.54) is 17.8 Å². The smallest absolute Gasteiger partial charge is 0.265 e. The van der Waals surface area contributed by atoms with E-state index in [9.17, 15) is 9.59 Å². The molecule has 2 atom stereocenters. The van der Waals surface area contributed by atoms with Crippen LogP contribution in [0.4, 0.5) is 0 Å². The minimum atomic E-state index is 0.0659. The Bertz CT molecular complexity index is 877. The van der Waals surface area contributed by atoms with Crippen LogP contribution < -0.4 is 0 Å².